The Morgan fingerprint density at radius 1 is 1.18 bits per heavy atom. The van der Waals surface area contributed by atoms with Gasteiger partial charge >= 0.3 is 0 Å². The molecule has 0 aromatic rings. The Hall–Kier alpha value is 0.500. The predicted octanol–water partition coefficient (Wildman–Crippen LogP) is 2.17. The van der Waals surface area contributed by atoms with Gasteiger partial charge in [0.25, 0.3) is 0 Å². The van der Waals surface area contributed by atoms with Crippen LogP contribution in [0.3, 0.4) is 0 Å². The van der Waals surface area contributed by atoms with Crippen molar-refractivity contribution in [2.24, 2.45) is 5.41 Å². The van der Waals surface area contributed by atoms with Gasteiger partial charge in [0.2, 0.25) is 4.52 Å². The summed E-state index contributed by atoms with van der Waals surface area (Å²) in [5.41, 5.74) is 0.0685. The van der Waals surface area contributed by atoms with E-state index in [1.165, 1.54) is 0 Å². The predicted molar refractivity (Wildman–Crippen MR) is 46.9 cm³/mol. The molecule has 0 bridgehead atoms. The zero-order valence-corrected chi connectivity index (χ0v) is 8.54. The maximum Gasteiger partial charge on any atom is 0.238 e. The van der Waals surface area contributed by atoms with Crippen LogP contribution in [0, 0.1) is 5.41 Å². The summed E-state index contributed by atoms with van der Waals surface area (Å²) >= 11 is 10.5. The van der Waals surface area contributed by atoms with E-state index < -0.39 is 4.52 Å². The Kier molecular flexibility index (Phi) is 4.12. The highest BCUT2D eigenvalue weighted by Crippen LogP contribution is 2.19. The fraction of sp³-hybridized carbons (Fsp3) is 1.00. The minimum atomic E-state index is -1.76. The Labute approximate surface area is 77.4 Å². The molecule has 0 saturated carbocycles. The normalized spacial score (nSPS) is 13.6. The lowest BCUT2D eigenvalue weighted by atomic mass is 9.99. The van der Waals surface area contributed by atoms with E-state index in [0.29, 0.717) is 6.61 Å². The van der Waals surface area contributed by atoms with Crippen molar-refractivity contribution >= 4 is 23.2 Å². The minimum Gasteiger partial charge on any atom is -0.375 e. The van der Waals surface area contributed by atoms with Crippen LogP contribution in [0.15, 0.2) is 0 Å². The maximum absolute atomic E-state index is 8.82. The van der Waals surface area contributed by atoms with E-state index in [1.807, 2.05) is 20.8 Å². The van der Waals surface area contributed by atoms with Crippen molar-refractivity contribution in [1.82, 2.24) is 0 Å². The highest BCUT2D eigenvalue weighted by atomic mass is 35.5. The van der Waals surface area contributed by atoms with Gasteiger partial charge in [-0.05, 0) is 5.41 Å². The Balaban J connectivity index is 3.44. The number of halogens is 2. The van der Waals surface area contributed by atoms with Crippen LogP contribution < -0.4 is 0 Å². The molecule has 0 spiro atoms. The fourth-order valence-electron chi connectivity index (χ4n) is 0.480. The molecular formula is C7H14Cl2O2. The van der Waals surface area contributed by atoms with E-state index in [-0.39, 0.29) is 12.0 Å². The molecule has 0 amide bonds. The van der Waals surface area contributed by atoms with Crippen molar-refractivity contribution in [2.45, 2.75) is 25.3 Å². The first-order chi connectivity index (χ1) is 4.71. The van der Waals surface area contributed by atoms with E-state index in [2.05, 4.69) is 0 Å². The van der Waals surface area contributed by atoms with Crippen LogP contribution in [-0.2, 0) is 4.74 Å². The first-order valence-corrected chi connectivity index (χ1v) is 4.14. The molecule has 0 rings (SSSR count). The van der Waals surface area contributed by atoms with Crippen molar-refractivity contribution in [2.75, 3.05) is 13.2 Å². The van der Waals surface area contributed by atoms with Crippen LogP contribution in [0.1, 0.15) is 20.8 Å². The zero-order chi connectivity index (χ0) is 9.12. The van der Waals surface area contributed by atoms with E-state index >= 15 is 0 Å². The molecular weight excluding hydrogens is 187 g/mol. The van der Waals surface area contributed by atoms with Crippen molar-refractivity contribution in [3.8, 4) is 0 Å². The molecule has 0 radical (unpaired) electrons. The summed E-state index contributed by atoms with van der Waals surface area (Å²) in [5.74, 6) is 0. The topological polar surface area (TPSA) is 29.5 Å². The lowest BCUT2D eigenvalue weighted by Gasteiger charge is -2.20. The van der Waals surface area contributed by atoms with Gasteiger partial charge in [-0.3, -0.25) is 0 Å². The Bertz CT molecular complexity index is 98.6. The van der Waals surface area contributed by atoms with Gasteiger partial charge in [-0.25, -0.2) is 0 Å². The summed E-state index contributed by atoms with van der Waals surface area (Å²) in [5, 5.41) is 8.82. The van der Waals surface area contributed by atoms with Gasteiger partial charge in [-0.1, -0.05) is 44.0 Å². The van der Waals surface area contributed by atoms with Crippen LogP contribution in [-0.4, -0.2) is 22.8 Å². The maximum atomic E-state index is 8.82. The highest BCUT2D eigenvalue weighted by Gasteiger charge is 2.20. The third kappa shape index (κ3) is 10.5. The van der Waals surface area contributed by atoms with Gasteiger partial charge in [0, 0.05) is 0 Å². The molecule has 1 N–H and O–H groups in total. The summed E-state index contributed by atoms with van der Waals surface area (Å²) in [6.07, 6.45) is 0. The van der Waals surface area contributed by atoms with Crippen LogP contribution in [0.4, 0.5) is 0 Å². The molecule has 0 aromatic heterocycles. The summed E-state index contributed by atoms with van der Waals surface area (Å²) in [4.78, 5) is 0. The van der Waals surface area contributed by atoms with Crippen molar-refractivity contribution in [1.29, 1.82) is 0 Å². The standard InChI is InChI=1S/C7H14Cl2O2/c1-6(2,3)4-11-5-7(8,9)10/h10H,4-5H2,1-3H3. The summed E-state index contributed by atoms with van der Waals surface area (Å²) in [6, 6.07) is 0. The molecule has 0 heterocycles. The van der Waals surface area contributed by atoms with Crippen LogP contribution in [0.5, 0.6) is 0 Å². The Morgan fingerprint density at radius 3 is 1.91 bits per heavy atom. The van der Waals surface area contributed by atoms with Gasteiger partial charge in [0.15, 0.2) is 0 Å². The Morgan fingerprint density at radius 2 is 1.64 bits per heavy atom. The highest BCUT2D eigenvalue weighted by molar-refractivity contribution is 6.47. The van der Waals surface area contributed by atoms with Crippen molar-refractivity contribution < 1.29 is 9.84 Å². The van der Waals surface area contributed by atoms with Gasteiger partial charge in [0.1, 0.15) is 6.61 Å². The zero-order valence-electron chi connectivity index (χ0n) is 7.03. The third-order valence-electron chi connectivity index (χ3n) is 0.811. The van der Waals surface area contributed by atoms with Gasteiger partial charge < -0.3 is 9.84 Å². The first kappa shape index (κ1) is 11.5. The van der Waals surface area contributed by atoms with Crippen molar-refractivity contribution in [3.05, 3.63) is 0 Å². The molecule has 0 unspecified atom stereocenters. The lowest BCUT2D eigenvalue weighted by molar-refractivity contribution is 0.0196. The number of aliphatic hydroxyl groups is 1. The minimum absolute atomic E-state index is 0.0621. The third-order valence-corrected chi connectivity index (χ3v) is 1.03. The number of hydrogen-bond acceptors (Lipinski definition) is 2. The molecule has 0 fully saturated rings. The fourth-order valence-corrected chi connectivity index (χ4v) is 0.634. The molecule has 0 aliphatic heterocycles. The monoisotopic (exact) mass is 200 g/mol. The van der Waals surface area contributed by atoms with Gasteiger partial charge in [0.05, 0.1) is 6.61 Å². The molecule has 0 aromatic carbocycles. The van der Waals surface area contributed by atoms with Gasteiger partial charge in [-0.15, -0.1) is 0 Å². The molecule has 2 nitrogen and oxygen atoms in total. The second kappa shape index (κ2) is 3.94. The van der Waals surface area contributed by atoms with Gasteiger partial charge in [-0.2, -0.15) is 0 Å². The average molecular weight is 201 g/mol. The average Bonchev–Trinajstić information content (AvgIpc) is 1.55. The van der Waals surface area contributed by atoms with E-state index in [9.17, 15) is 0 Å². The van der Waals surface area contributed by atoms with Crippen molar-refractivity contribution in [3.63, 3.8) is 0 Å². The molecule has 4 heteroatoms. The summed E-state index contributed by atoms with van der Waals surface area (Å²) in [7, 11) is 0. The SMILES string of the molecule is CC(C)(C)COCC(O)(Cl)Cl. The first-order valence-electron chi connectivity index (χ1n) is 3.39. The molecule has 68 valence electrons. The van der Waals surface area contributed by atoms with Crippen LogP contribution in [0.25, 0.3) is 0 Å². The smallest absolute Gasteiger partial charge is 0.238 e. The summed E-state index contributed by atoms with van der Waals surface area (Å²) < 4.78 is 3.29. The number of rotatable bonds is 3. The molecule has 0 atom stereocenters. The molecule has 0 aliphatic carbocycles. The number of alkyl halides is 2. The van der Waals surface area contributed by atoms with Crippen LogP contribution >= 0.6 is 23.2 Å². The second-order valence-electron chi connectivity index (χ2n) is 3.72. The van der Waals surface area contributed by atoms with E-state index in [1.54, 1.807) is 0 Å². The largest absolute Gasteiger partial charge is 0.375 e. The lowest BCUT2D eigenvalue weighted by Crippen LogP contribution is -2.24. The second-order valence-corrected chi connectivity index (χ2v) is 5.16. The molecule has 0 aliphatic rings. The quantitative estimate of drug-likeness (QED) is 0.709. The van der Waals surface area contributed by atoms with E-state index in [0.717, 1.165) is 0 Å². The van der Waals surface area contributed by atoms with Crippen LogP contribution in [0.2, 0.25) is 0 Å². The number of hydrogen-bond donors (Lipinski definition) is 1. The number of ether oxygens (including phenoxy) is 1. The molecule has 0 saturated heterocycles. The molecule has 11 heavy (non-hydrogen) atoms. The van der Waals surface area contributed by atoms with E-state index in [4.69, 9.17) is 33.0 Å². The summed E-state index contributed by atoms with van der Waals surface area (Å²) in [6.45, 7) is 6.53.